The van der Waals surface area contributed by atoms with E-state index in [-0.39, 0.29) is 18.4 Å². The molecule has 0 saturated heterocycles. The van der Waals surface area contributed by atoms with Crippen molar-refractivity contribution < 1.29 is 14.3 Å². The molecule has 0 atom stereocenters. The number of benzene rings is 2. The van der Waals surface area contributed by atoms with Crippen molar-refractivity contribution in [2.24, 2.45) is 0 Å². The number of carbonyl (C=O) groups is 2. The lowest BCUT2D eigenvalue weighted by Crippen LogP contribution is -2.37. The number of hydrogen-bond acceptors (Lipinski definition) is 3. The van der Waals surface area contributed by atoms with E-state index >= 15 is 0 Å². The molecule has 0 aliphatic carbocycles. The third-order valence-corrected chi connectivity index (χ3v) is 4.04. The van der Waals surface area contributed by atoms with E-state index in [1.807, 2.05) is 6.92 Å². The Hall–Kier alpha value is -2.24. The molecule has 0 saturated carbocycles. The van der Waals surface area contributed by atoms with Gasteiger partial charge < -0.3 is 15.0 Å². The first-order valence-corrected chi connectivity index (χ1v) is 8.25. The van der Waals surface area contributed by atoms with Crippen LogP contribution in [0.5, 0.6) is 5.75 Å². The van der Waals surface area contributed by atoms with Crippen molar-refractivity contribution in [1.29, 1.82) is 0 Å². The molecule has 2 aromatic carbocycles. The molecule has 25 heavy (non-hydrogen) atoms. The van der Waals surface area contributed by atoms with Gasteiger partial charge in [0.05, 0.1) is 12.8 Å². The third-order valence-electron chi connectivity index (χ3n) is 3.57. The fourth-order valence-corrected chi connectivity index (χ4v) is 2.80. The van der Waals surface area contributed by atoms with Crippen LogP contribution in [0.4, 0.5) is 11.4 Å². The molecule has 0 heterocycles. The van der Waals surface area contributed by atoms with E-state index in [1.54, 1.807) is 36.4 Å². The summed E-state index contributed by atoms with van der Waals surface area (Å²) in [5.74, 6) is -0.140. The van der Waals surface area contributed by atoms with Crippen molar-refractivity contribution in [1.82, 2.24) is 0 Å². The smallest absolute Gasteiger partial charge is 0.244 e. The summed E-state index contributed by atoms with van der Waals surface area (Å²) in [7, 11) is 1.50. The van der Waals surface area contributed by atoms with Crippen molar-refractivity contribution in [3.8, 4) is 5.75 Å². The largest absolute Gasteiger partial charge is 0.495 e. The standard InChI is InChI=1S/C18H18Cl2N2O3/c1-11-8-13(19)4-6-16(11)22(12(2)23)10-18(24)21-15-9-14(20)5-7-17(15)25-3/h4-9H,10H2,1-3H3,(H,21,24). The number of methoxy groups -OCH3 is 1. The molecule has 1 N–H and O–H groups in total. The Morgan fingerprint density at radius 2 is 1.76 bits per heavy atom. The number of nitrogens with one attached hydrogen (secondary N) is 1. The molecule has 2 aromatic rings. The number of anilines is 2. The average molecular weight is 381 g/mol. The molecule has 2 rings (SSSR count). The van der Waals surface area contributed by atoms with E-state index in [0.29, 0.717) is 27.2 Å². The number of amides is 2. The molecule has 2 amide bonds. The molecule has 5 nitrogen and oxygen atoms in total. The van der Waals surface area contributed by atoms with Crippen molar-refractivity contribution in [3.63, 3.8) is 0 Å². The topological polar surface area (TPSA) is 58.6 Å². The van der Waals surface area contributed by atoms with E-state index in [2.05, 4.69) is 5.32 Å². The van der Waals surface area contributed by atoms with E-state index < -0.39 is 0 Å². The third kappa shape index (κ3) is 4.87. The number of nitrogens with zero attached hydrogens (tertiary/aromatic N) is 1. The van der Waals surface area contributed by atoms with Gasteiger partial charge in [-0.25, -0.2) is 0 Å². The lowest BCUT2D eigenvalue weighted by molar-refractivity contribution is -0.120. The predicted octanol–water partition coefficient (Wildman–Crippen LogP) is 4.30. The van der Waals surface area contributed by atoms with Gasteiger partial charge >= 0.3 is 0 Å². The van der Waals surface area contributed by atoms with Gasteiger partial charge in [-0.05, 0) is 48.9 Å². The molecule has 0 fully saturated rings. The Labute approximate surface area is 156 Å². The number of aryl methyl sites for hydroxylation is 1. The first-order chi connectivity index (χ1) is 11.8. The number of rotatable bonds is 5. The number of hydrogen-bond donors (Lipinski definition) is 1. The van der Waals surface area contributed by atoms with E-state index in [1.165, 1.54) is 18.9 Å². The zero-order chi connectivity index (χ0) is 18.6. The summed E-state index contributed by atoms with van der Waals surface area (Å²) in [6.45, 7) is 3.09. The molecule has 0 aliphatic rings. The van der Waals surface area contributed by atoms with Gasteiger partial charge in [0, 0.05) is 22.7 Å². The predicted molar refractivity (Wildman–Crippen MR) is 101 cm³/mol. The summed E-state index contributed by atoms with van der Waals surface area (Å²) in [6.07, 6.45) is 0. The lowest BCUT2D eigenvalue weighted by atomic mass is 10.1. The van der Waals surface area contributed by atoms with Crippen molar-refractivity contribution in [2.45, 2.75) is 13.8 Å². The van der Waals surface area contributed by atoms with Gasteiger partial charge in [-0.3, -0.25) is 9.59 Å². The first-order valence-electron chi connectivity index (χ1n) is 7.49. The van der Waals surface area contributed by atoms with Crippen LogP contribution in [0.15, 0.2) is 36.4 Å². The van der Waals surface area contributed by atoms with Crippen molar-refractivity contribution >= 4 is 46.4 Å². The number of ether oxygens (including phenoxy) is 1. The molecule has 0 aliphatic heterocycles. The zero-order valence-corrected chi connectivity index (χ0v) is 15.6. The highest BCUT2D eigenvalue weighted by Gasteiger charge is 2.19. The highest BCUT2D eigenvalue weighted by Crippen LogP contribution is 2.28. The van der Waals surface area contributed by atoms with Crippen LogP contribution >= 0.6 is 23.2 Å². The second-order valence-corrected chi connectivity index (χ2v) is 6.30. The zero-order valence-electron chi connectivity index (χ0n) is 14.1. The van der Waals surface area contributed by atoms with Crippen LogP contribution in [0.3, 0.4) is 0 Å². The van der Waals surface area contributed by atoms with Crippen LogP contribution < -0.4 is 15.0 Å². The maximum atomic E-state index is 12.4. The second-order valence-electron chi connectivity index (χ2n) is 5.43. The summed E-state index contributed by atoms with van der Waals surface area (Å²) >= 11 is 11.9. The summed E-state index contributed by atoms with van der Waals surface area (Å²) in [4.78, 5) is 25.8. The Balaban J connectivity index is 2.21. The highest BCUT2D eigenvalue weighted by molar-refractivity contribution is 6.31. The van der Waals surface area contributed by atoms with Crippen LogP contribution in [0.25, 0.3) is 0 Å². The molecule has 0 spiro atoms. The molecule has 0 aromatic heterocycles. The molecule has 0 bridgehead atoms. The van der Waals surface area contributed by atoms with E-state index in [9.17, 15) is 9.59 Å². The van der Waals surface area contributed by atoms with Crippen molar-refractivity contribution in [3.05, 3.63) is 52.0 Å². The average Bonchev–Trinajstić information content (AvgIpc) is 2.53. The van der Waals surface area contributed by atoms with E-state index in [0.717, 1.165) is 5.56 Å². The fraction of sp³-hybridized carbons (Fsp3) is 0.222. The van der Waals surface area contributed by atoms with Crippen LogP contribution in [-0.2, 0) is 9.59 Å². The van der Waals surface area contributed by atoms with Crippen LogP contribution in [0, 0.1) is 6.92 Å². The van der Waals surface area contributed by atoms with Gasteiger partial charge in [-0.2, -0.15) is 0 Å². The summed E-state index contributed by atoms with van der Waals surface area (Å²) in [5.41, 5.74) is 1.87. The Morgan fingerprint density at radius 1 is 1.12 bits per heavy atom. The normalized spacial score (nSPS) is 10.3. The van der Waals surface area contributed by atoms with Crippen LogP contribution in [0.2, 0.25) is 10.0 Å². The van der Waals surface area contributed by atoms with Gasteiger partial charge in [0.25, 0.3) is 0 Å². The van der Waals surface area contributed by atoms with Gasteiger partial charge in [-0.15, -0.1) is 0 Å². The minimum Gasteiger partial charge on any atom is -0.495 e. The van der Waals surface area contributed by atoms with Gasteiger partial charge in [0.2, 0.25) is 11.8 Å². The quantitative estimate of drug-likeness (QED) is 0.840. The lowest BCUT2D eigenvalue weighted by Gasteiger charge is -2.23. The number of carbonyl (C=O) groups excluding carboxylic acids is 2. The number of halogens is 2. The highest BCUT2D eigenvalue weighted by atomic mass is 35.5. The van der Waals surface area contributed by atoms with Crippen LogP contribution in [-0.4, -0.2) is 25.5 Å². The van der Waals surface area contributed by atoms with Gasteiger partial charge in [-0.1, -0.05) is 23.2 Å². The van der Waals surface area contributed by atoms with Gasteiger partial charge in [0.15, 0.2) is 0 Å². The fourth-order valence-electron chi connectivity index (χ4n) is 2.40. The summed E-state index contributed by atoms with van der Waals surface area (Å²) < 4.78 is 5.20. The summed E-state index contributed by atoms with van der Waals surface area (Å²) in [6, 6.07) is 10.0. The van der Waals surface area contributed by atoms with E-state index in [4.69, 9.17) is 27.9 Å². The monoisotopic (exact) mass is 380 g/mol. The first kappa shape index (κ1) is 19.1. The Kier molecular flexibility index (Phi) is 6.28. The second kappa shape index (κ2) is 8.23. The SMILES string of the molecule is COc1ccc(Cl)cc1NC(=O)CN(C(C)=O)c1ccc(Cl)cc1C. The molecule has 0 unspecified atom stereocenters. The molecule has 0 radical (unpaired) electrons. The Morgan fingerprint density at radius 3 is 2.36 bits per heavy atom. The Bertz CT molecular complexity index is 809. The van der Waals surface area contributed by atoms with Gasteiger partial charge in [0.1, 0.15) is 12.3 Å². The molecule has 7 heteroatoms. The van der Waals surface area contributed by atoms with Crippen molar-refractivity contribution in [2.75, 3.05) is 23.9 Å². The maximum absolute atomic E-state index is 12.4. The summed E-state index contributed by atoms with van der Waals surface area (Å²) in [5, 5.41) is 3.75. The minimum atomic E-state index is -0.370. The molecule has 132 valence electrons. The minimum absolute atomic E-state index is 0.145. The molecular formula is C18H18Cl2N2O3. The molecular weight excluding hydrogens is 363 g/mol. The maximum Gasteiger partial charge on any atom is 0.244 e. The van der Waals surface area contributed by atoms with Crippen LogP contribution in [0.1, 0.15) is 12.5 Å².